The highest BCUT2D eigenvalue weighted by Crippen LogP contribution is 2.21. The van der Waals surface area contributed by atoms with Crippen LogP contribution >= 0.6 is 11.3 Å². The van der Waals surface area contributed by atoms with Crippen LogP contribution in [0.15, 0.2) is 10.4 Å². The van der Waals surface area contributed by atoms with Crippen molar-refractivity contribution in [3.05, 3.63) is 16.1 Å². The van der Waals surface area contributed by atoms with E-state index in [9.17, 15) is 0 Å². The van der Waals surface area contributed by atoms with E-state index in [2.05, 4.69) is 42.3 Å². The number of hydrogen-bond donors (Lipinski definition) is 1. The van der Waals surface area contributed by atoms with E-state index in [1.165, 1.54) is 88.5 Å². The van der Waals surface area contributed by atoms with E-state index in [1.54, 1.807) is 11.3 Å². The van der Waals surface area contributed by atoms with Gasteiger partial charge in [-0.2, -0.15) is 0 Å². The fraction of sp³-hybridized carbons (Fsp3) is 0.826. The molecule has 1 atom stereocenters. The first-order valence-electron chi connectivity index (χ1n) is 12.0. The molecule has 168 valence electrons. The summed E-state index contributed by atoms with van der Waals surface area (Å²) in [7, 11) is 1.94. The van der Waals surface area contributed by atoms with Crippen LogP contribution in [-0.2, 0) is 6.54 Å². The Kier molecular flexibility index (Phi) is 8.01. The number of likely N-dealkylation sites (tertiary alicyclic amines) is 3. The lowest BCUT2D eigenvalue weighted by Gasteiger charge is -2.32. The van der Waals surface area contributed by atoms with Gasteiger partial charge in [-0.3, -0.25) is 9.89 Å². The molecule has 0 radical (unpaired) electrons. The average molecular weight is 433 g/mol. The molecule has 3 saturated heterocycles. The average Bonchev–Trinajstić information content (AvgIpc) is 3.39. The standard InChI is InChI=1S/C23H40N6S/c1-19-26-22(18-30-19)17-28-11-6-20(7-12-28)14-25-23(24-2)29-13-8-21(16-29)15-27-9-4-3-5-10-27/h18,20-21H,3-17H2,1-2H3,(H,24,25). The van der Waals surface area contributed by atoms with Gasteiger partial charge in [-0.15, -0.1) is 11.3 Å². The minimum atomic E-state index is 0.752. The number of thiazole rings is 1. The lowest BCUT2D eigenvalue weighted by molar-refractivity contribution is 0.176. The number of aliphatic imine (C=N–C) groups is 1. The maximum Gasteiger partial charge on any atom is 0.193 e. The summed E-state index contributed by atoms with van der Waals surface area (Å²) in [5.74, 6) is 2.68. The van der Waals surface area contributed by atoms with Gasteiger partial charge in [-0.1, -0.05) is 6.42 Å². The van der Waals surface area contributed by atoms with Crippen molar-refractivity contribution < 1.29 is 0 Å². The summed E-state index contributed by atoms with van der Waals surface area (Å²) in [6.07, 6.45) is 8.05. The molecular formula is C23H40N6S. The number of hydrogen-bond acceptors (Lipinski definition) is 5. The SMILES string of the molecule is CN=C(NCC1CCN(Cc2csc(C)n2)CC1)N1CCC(CN2CCCCC2)C1. The van der Waals surface area contributed by atoms with Crippen LogP contribution in [0.5, 0.6) is 0 Å². The second-order valence-electron chi connectivity index (χ2n) is 9.47. The Bertz CT molecular complexity index is 675. The molecule has 0 amide bonds. The first-order chi connectivity index (χ1) is 14.7. The Morgan fingerprint density at radius 1 is 1.07 bits per heavy atom. The molecule has 3 aliphatic heterocycles. The Hall–Kier alpha value is -1.18. The normalized spacial score (nSPS) is 25.2. The zero-order valence-corrected chi connectivity index (χ0v) is 19.8. The topological polar surface area (TPSA) is 47.0 Å². The molecule has 7 heteroatoms. The predicted molar refractivity (Wildman–Crippen MR) is 126 cm³/mol. The van der Waals surface area contributed by atoms with Crippen LogP contribution < -0.4 is 5.32 Å². The fourth-order valence-electron chi connectivity index (χ4n) is 5.31. The molecule has 0 bridgehead atoms. The largest absolute Gasteiger partial charge is 0.356 e. The molecule has 1 aromatic heterocycles. The van der Waals surface area contributed by atoms with Gasteiger partial charge in [0.15, 0.2) is 5.96 Å². The maximum absolute atomic E-state index is 4.62. The van der Waals surface area contributed by atoms with E-state index in [0.717, 1.165) is 37.4 Å². The van der Waals surface area contributed by atoms with E-state index >= 15 is 0 Å². The van der Waals surface area contributed by atoms with Gasteiger partial charge in [-0.05, 0) is 77.0 Å². The summed E-state index contributed by atoms with van der Waals surface area (Å²) in [4.78, 5) is 17.0. The zero-order valence-electron chi connectivity index (χ0n) is 19.0. The van der Waals surface area contributed by atoms with Crippen LogP contribution in [0, 0.1) is 18.8 Å². The van der Waals surface area contributed by atoms with E-state index < -0.39 is 0 Å². The fourth-order valence-corrected chi connectivity index (χ4v) is 5.91. The Balaban J connectivity index is 1.15. The van der Waals surface area contributed by atoms with Gasteiger partial charge in [0, 0.05) is 45.2 Å². The van der Waals surface area contributed by atoms with Crippen molar-refractivity contribution in [1.29, 1.82) is 0 Å². The third-order valence-corrected chi connectivity index (χ3v) is 7.89. The lowest BCUT2D eigenvalue weighted by atomic mass is 9.97. The van der Waals surface area contributed by atoms with E-state index in [4.69, 9.17) is 0 Å². The Morgan fingerprint density at radius 3 is 2.53 bits per heavy atom. The van der Waals surface area contributed by atoms with Crippen molar-refractivity contribution in [2.24, 2.45) is 16.8 Å². The van der Waals surface area contributed by atoms with Gasteiger partial charge in [0.1, 0.15) is 0 Å². The number of aryl methyl sites for hydroxylation is 1. The minimum absolute atomic E-state index is 0.752. The number of piperidine rings is 2. The van der Waals surface area contributed by atoms with Crippen molar-refractivity contribution >= 4 is 17.3 Å². The summed E-state index contributed by atoms with van der Waals surface area (Å²) in [6.45, 7) is 12.8. The van der Waals surface area contributed by atoms with Gasteiger partial charge >= 0.3 is 0 Å². The van der Waals surface area contributed by atoms with Gasteiger partial charge in [0.25, 0.3) is 0 Å². The summed E-state index contributed by atoms with van der Waals surface area (Å²) >= 11 is 1.76. The van der Waals surface area contributed by atoms with Gasteiger partial charge < -0.3 is 15.1 Å². The van der Waals surface area contributed by atoms with Gasteiger partial charge in [-0.25, -0.2) is 4.98 Å². The number of guanidine groups is 1. The lowest BCUT2D eigenvalue weighted by Crippen LogP contribution is -2.44. The van der Waals surface area contributed by atoms with Crippen LogP contribution in [0.4, 0.5) is 0 Å². The monoisotopic (exact) mass is 432 g/mol. The van der Waals surface area contributed by atoms with Crippen LogP contribution in [0.3, 0.4) is 0 Å². The summed E-state index contributed by atoms with van der Waals surface area (Å²) in [6, 6.07) is 0. The molecule has 3 aliphatic rings. The van der Waals surface area contributed by atoms with E-state index in [1.807, 2.05) is 7.05 Å². The molecule has 0 aliphatic carbocycles. The number of aromatic nitrogens is 1. The van der Waals surface area contributed by atoms with Gasteiger partial charge in [0.2, 0.25) is 0 Å². The first-order valence-corrected chi connectivity index (χ1v) is 12.9. The second-order valence-corrected chi connectivity index (χ2v) is 10.5. The van der Waals surface area contributed by atoms with Crippen LogP contribution in [0.1, 0.15) is 49.2 Å². The molecule has 0 spiro atoms. The van der Waals surface area contributed by atoms with Gasteiger partial charge in [0.05, 0.1) is 10.7 Å². The smallest absolute Gasteiger partial charge is 0.193 e. The van der Waals surface area contributed by atoms with Crippen LogP contribution in [0.25, 0.3) is 0 Å². The predicted octanol–water partition coefficient (Wildman–Crippen LogP) is 3.05. The first kappa shape index (κ1) is 22.0. The molecule has 4 heterocycles. The number of nitrogens with one attached hydrogen (secondary N) is 1. The quantitative estimate of drug-likeness (QED) is 0.553. The summed E-state index contributed by atoms with van der Waals surface area (Å²) < 4.78 is 0. The molecule has 1 unspecified atom stereocenters. The molecule has 0 aromatic carbocycles. The van der Waals surface area contributed by atoms with Crippen molar-refractivity contribution in [2.45, 2.75) is 52.0 Å². The highest BCUT2D eigenvalue weighted by Gasteiger charge is 2.27. The molecule has 30 heavy (non-hydrogen) atoms. The Labute approximate surface area is 186 Å². The Morgan fingerprint density at radius 2 is 1.83 bits per heavy atom. The molecule has 6 nitrogen and oxygen atoms in total. The third-order valence-electron chi connectivity index (χ3n) is 7.07. The van der Waals surface area contributed by atoms with Crippen LogP contribution in [-0.4, -0.2) is 85.0 Å². The van der Waals surface area contributed by atoms with E-state index in [-0.39, 0.29) is 0 Å². The number of rotatable bonds is 6. The van der Waals surface area contributed by atoms with Crippen molar-refractivity contribution in [3.63, 3.8) is 0 Å². The second kappa shape index (κ2) is 10.9. The van der Waals surface area contributed by atoms with Crippen molar-refractivity contribution in [2.75, 3.05) is 59.4 Å². The molecule has 1 aromatic rings. The summed E-state index contributed by atoms with van der Waals surface area (Å²) in [5.41, 5.74) is 1.24. The molecule has 1 N–H and O–H groups in total. The summed E-state index contributed by atoms with van der Waals surface area (Å²) in [5, 5.41) is 7.09. The maximum atomic E-state index is 4.62. The number of nitrogens with zero attached hydrogens (tertiary/aromatic N) is 5. The molecule has 3 fully saturated rings. The third kappa shape index (κ3) is 6.17. The molecule has 0 saturated carbocycles. The minimum Gasteiger partial charge on any atom is -0.356 e. The molecular weight excluding hydrogens is 392 g/mol. The highest BCUT2D eigenvalue weighted by molar-refractivity contribution is 7.09. The van der Waals surface area contributed by atoms with Crippen molar-refractivity contribution in [1.82, 2.24) is 25.0 Å². The van der Waals surface area contributed by atoms with Crippen LogP contribution in [0.2, 0.25) is 0 Å². The molecule has 4 rings (SSSR count). The van der Waals surface area contributed by atoms with Crippen molar-refractivity contribution in [3.8, 4) is 0 Å². The highest BCUT2D eigenvalue weighted by atomic mass is 32.1. The van der Waals surface area contributed by atoms with E-state index in [0.29, 0.717) is 0 Å². The zero-order chi connectivity index (χ0) is 20.8.